The molecule has 1 amide bonds. The van der Waals surface area contributed by atoms with Crippen LogP contribution in [0.4, 0.5) is 62.3 Å². The van der Waals surface area contributed by atoms with Gasteiger partial charge in [-0.2, -0.15) is 0 Å². The van der Waals surface area contributed by atoms with Gasteiger partial charge in [0.05, 0.1) is 17.5 Å². The highest BCUT2D eigenvalue weighted by molar-refractivity contribution is 5.97. The van der Waals surface area contributed by atoms with E-state index in [1.807, 2.05) is 48.5 Å². The predicted molar refractivity (Wildman–Crippen MR) is 264 cm³/mol. The third-order valence-electron chi connectivity index (χ3n) is 10.6. The molecule has 6 aromatic carbocycles. The number of cyclic esters (lactones) is 1. The molecule has 2 atom stereocenters. The van der Waals surface area contributed by atoms with Crippen molar-refractivity contribution in [2.45, 2.75) is 56.5 Å². The smallest absolute Gasteiger partial charge is 0.431 e. The number of rotatable bonds is 13. The number of halogens is 12. The number of nitrogens with two attached hydrogens (primary N) is 1. The third-order valence-corrected chi connectivity index (χ3v) is 10.6. The van der Waals surface area contributed by atoms with E-state index in [1.165, 1.54) is 61.5 Å². The van der Waals surface area contributed by atoms with Gasteiger partial charge in [-0.25, -0.2) is 44.7 Å². The summed E-state index contributed by atoms with van der Waals surface area (Å²) in [7, 11) is 0. The van der Waals surface area contributed by atoms with Crippen molar-refractivity contribution < 1.29 is 81.4 Å². The van der Waals surface area contributed by atoms with Gasteiger partial charge in [0.25, 0.3) is 12.9 Å². The summed E-state index contributed by atoms with van der Waals surface area (Å²) >= 11 is 0. The summed E-state index contributed by atoms with van der Waals surface area (Å²) in [5.74, 6) is -3.32. The van der Waals surface area contributed by atoms with Gasteiger partial charge in [0.15, 0.2) is 0 Å². The molecule has 21 heteroatoms. The number of ketones is 1. The van der Waals surface area contributed by atoms with Crippen LogP contribution in [0.5, 0.6) is 0 Å². The molecule has 1 aliphatic rings. The van der Waals surface area contributed by atoms with E-state index in [4.69, 9.17) is 15.3 Å². The number of ether oxygens (including phenoxy) is 1. The number of carbonyl (C=O) groups is 5. The van der Waals surface area contributed by atoms with Crippen molar-refractivity contribution in [1.82, 2.24) is 10.3 Å². The average Bonchev–Trinajstić information content (AvgIpc) is 3.37. The fourth-order valence-corrected chi connectivity index (χ4v) is 7.35. The predicted octanol–water partition coefficient (Wildman–Crippen LogP) is 14.5. The molecule has 0 bridgehead atoms. The molecular weight excluding hydrogens is 1050 g/mol. The number of pyridine rings is 1. The van der Waals surface area contributed by atoms with E-state index in [-0.39, 0.29) is 29.9 Å². The number of nitrogens with zero attached hydrogens (tertiary/aromatic N) is 1. The third kappa shape index (κ3) is 21.9. The van der Waals surface area contributed by atoms with Crippen molar-refractivity contribution in [2.24, 2.45) is 5.73 Å². The van der Waals surface area contributed by atoms with Gasteiger partial charge in [-0.3, -0.25) is 19.4 Å². The highest BCUT2D eigenvalue weighted by Gasteiger charge is 2.38. The number of carbonyl (C=O) groups excluding carboxylic acids is 5. The van der Waals surface area contributed by atoms with Gasteiger partial charge >= 0.3 is 18.6 Å². The van der Waals surface area contributed by atoms with E-state index in [0.717, 1.165) is 35.9 Å². The number of hydrogen-bond donors (Lipinski definition) is 2. The first kappa shape index (κ1) is 63.6. The first-order chi connectivity index (χ1) is 36.8. The highest BCUT2D eigenvalue weighted by Crippen LogP contribution is 2.37. The number of benzene rings is 6. The van der Waals surface area contributed by atoms with Gasteiger partial charge in [-0.1, -0.05) is 97.6 Å². The molecule has 3 N–H and O–H groups in total. The average molecular weight is 1100 g/mol. The molecule has 9 nitrogen and oxygen atoms in total. The fourth-order valence-electron chi connectivity index (χ4n) is 7.35. The van der Waals surface area contributed by atoms with E-state index >= 15 is 0 Å². The number of esters is 1. The zero-order valence-corrected chi connectivity index (χ0v) is 40.9. The maximum Gasteiger partial charge on any atom is 0.483 e. The van der Waals surface area contributed by atoms with Gasteiger partial charge in [0.1, 0.15) is 41.2 Å². The molecule has 0 aliphatic carbocycles. The first-order valence-corrected chi connectivity index (χ1v) is 22.6. The van der Waals surface area contributed by atoms with E-state index in [2.05, 4.69) is 21.6 Å². The Morgan fingerprint density at radius 3 is 1.33 bits per heavy atom. The van der Waals surface area contributed by atoms with Gasteiger partial charge in [0, 0.05) is 29.9 Å². The summed E-state index contributed by atoms with van der Waals surface area (Å²) in [6.07, 6.45) is -7.67. The number of hydrogen-bond acceptors (Lipinski definition) is 8. The zero-order chi connectivity index (χ0) is 58.0. The molecule has 8 rings (SSSR count). The monoisotopic (exact) mass is 1100 g/mol. The Morgan fingerprint density at radius 1 is 0.577 bits per heavy atom. The Balaban J connectivity index is 0.000000305. The lowest BCUT2D eigenvalue weighted by atomic mass is 9.77. The van der Waals surface area contributed by atoms with Crippen LogP contribution in [0, 0.1) is 23.3 Å². The van der Waals surface area contributed by atoms with Crippen LogP contribution in [-0.2, 0) is 43.0 Å². The van der Waals surface area contributed by atoms with E-state index in [1.54, 1.807) is 42.7 Å². The molecule has 1 fully saturated rings. The normalized spacial score (nSPS) is 12.6. The number of nitrogens with one attached hydrogen (secondary N) is 1. The molecule has 78 heavy (non-hydrogen) atoms. The van der Waals surface area contributed by atoms with Gasteiger partial charge in [-0.05, 0) is 120 Å². The molecule has 1 aliphatic heterocycles. The number of amides is 1. The second-order valence-corrected chi connectivity index (χ2v) is 16.5. The summed E-state index contributed by atoms with van der Waals surface area (Å²) in [5.41, 5.74) is 5.49. The Labute approximate surface area is 439 Å². The van der Waals surface area contributed by atoms with Crippen molar-refractivity contribution >= 4 is 30.2 Å². The summed E-state index contributed by atoms with van der Waals surface area (Å²) in [6, 6.07) is 40.4. The molecule has 1 saturated heterocycles. The van der Waals surface area contributed by atoms with E-state index in [0.29, 0.717) is 28.9 Å². The second-order valence-electron chi connectivity index (χ2n) is 16.5. The minimum Gasteiger partial charge on any atom is -0.431 e. The van der Waals surface area contributed by atoms with Crippen LogP contribution in [0.1, 0.15) is 77.1 Å². The zero-order valence-electron chi connectivity index (χ0n) is 40.9. The van der Waals surface area contributed by atoms with Crippen molar-refractivity contribution in [1.29, 1.82) is 0 Å². The summed E-state index contributed by atoms with van der Waals surface area (Å²) in [5, 5.41) is 2.76. The first-order valence-electron chi connectivity index (χ1n) is 22.6. The summed E-state index contributed by atoms with van der Waals surface area (Å²) < 4.78 is 152. The molecule has 0 saturated carbocycles. The van der Waals surface area contributed by atoms with Crippen LogP contribution < -0.4 is 11.1 Å². The lowest BCUT2D eigenvalue weighted by Gasteiger charge is -2.37. The number of Topliss-reactive ketones (excluding diaryl/α,β-unsaturated/α-hetero) is 1. The quantitative estimate of drug-likeness (QED) is 0.0502. The van der Waals surface area contributed by atoms with Crippen LogP contribution in [0.2, 0.25) is 0 Å². The molecule has 0 unspecified atom stereocenters. The molecule has 0 radical (unpaired) electrons. The van der Waals surface area contributed by atoms with Crippen LogP contribution in [0.15, 0.2) is 189 Å². The fraction of sp³-hybridized carbons (Fsp3) is 0.158. The number of aromatic nitrogens is 1. The largest absolute Gasteiger partial charge is 0.483 e. The minimum atomic E-state index is -2.94. The SMILES string of the molecule is C=C1CC(=O)O1.CC(=O)CC(=O)N[C@](Cc1ccccc1)(c1ccc(F)cc1)c1cc(F)cc(C(F)F)c1.N[C@](Cc1ccccc1)(c1ccc(F)cc1)c1cc(F)cc(C(F)F)c1.O=C(F)F.O=C(F)F.c1ccncc1. The molecule has 1 aromatic heterocycles. The Hall–Kier alpha value is -8.72. The van der Waals surface area contributed by atoms with Gasteiger partial charge < -0.3 is 15.8 Å². The van der Waals surface area contributed by atoms with E-state index in [9.17, 15) is 67.1 Å². The molecule has 0 spiro atoms. The van der Waals surface area contributed by atoms with Crippen molar-refractivity contribution in [2.75, 3.05) is 0 Å². The molecule has 410 valence electrons. The van der Waals surface area contributed by atoms with Gasteiger partial charge in [-0.15, -0.1) is 17.6 Å². The lowest BCUT2D eigenvalue weighted by Crippen LogP contribution is -2.49. The van der Waals surface area contributed by atoms with Crippen LogP contribution in [0.3, 0.4) is 0 Å². The Kier molecular flexibility index (Phi) is 25.6. The highest BCUT2D eigenvalue weighted by atomic mass is 19.3. The van der Waals surface area contributed by atoms with E-state index < -0.39 is 89.0 Å². The molecule has 7 aromatic rings. The summed E-state index contributed by atoms with van der Waals surface area (Å²) in [6.45, 7) is 4.61. The van der Waals surface area contributed by atoms with Crippen LogP contribution >= 0.6 is 0 Å². The maximum atomic E-state index is 14.4. The maximum absolute atomic E-state index is 14.4. The van der Waals surface area contributed by atoms with Crippen LogP contribution in [0.25, 0.3) is 0 Å². The Morgan fingerprint density at radius 2 is 0.974 bits per heavy atom. The summed E-state index contributed by atoms with van der Waals surface area (Å²) in [4.78, 5) is 54.1. The van der Waals surface area contributed by atoms with Crippen molar-refractivity contribution in [3.8, 4) is 0 Å². The van der Waals surface area contributed by atoms with Gasteiger partial charge in [0.2, 0.25) is 5.91 Å². The topological polar surface area (TPSA) is 146 Å². The lowest BCUT2D eigenvalue weighted by molar-refractivity contribution is -0.148. The molecular formula is C57H47F12N3O6. The Bertz CT molecular complexity index is 2980. The van der Waals surface area contributed by atoms with Crippen LogP contribution in [-0.4, -0.2) is 35.2 Å². The van der Waals surface area contributed by atoms with Crippen molar-refractivity contribution in [3.63, 3.8) is 0 Å². The van der Waals surface area contributed by atoms with Crippen molar-refractivity contribution in [3.05, 3.63) is 256 Å². The standard InChI is InChI=1S/C25H21F4NO2.C21H17F4N.C5H5N.C4H4O2.2CF2O/c1-16(31)11-23(32)30-25(15-17-5-3-2-4-6-17,19-7-9-21(26)10-8-19)20-12-18(24(28)29)13-22(27)14-20;22-18-8-6-16(7-9-18)21(26,13-14-4-2-1-3-5-14)17-10-15(20(24)25)11-19(23)12-17;1-2-4-6-5-3-1;1-3-2-4(5)6-3;2*2-1(3)4/h2-10,12-14,24H,11,15H2,1H3,(H,30,32);1-12,20H,13,26H2;1-5H;1-2H2;;/t25-;21-;;;;/m11..../s1. The number of alkyl halides is 4. The molecule has 2 heterocycles. The minimum absolute atomic E-state index is 0.0508. The second kappa shape index (κ2) is 31.4.